The highest BCUT2D eigenvalue weighted by molar-refractivity contribution is 8.02. The number of thioether (sulfide) groups is 1. The van der Waals surface area contributed by atoms with Crippen LogP contribution in [-0.2, 0) is 21.0 Å². The zero-order valence-corrected chi connectivity index (χ0v) is 20.2. The maximum atomic E-state index is 14.0. The summed E-state index contributed by atoms with van der Waals surface area (Å²) in [5.74, 6) is -0.231. The lowest BCUT2D eigenvalue weighted by atomic mass is 10.0. The van der Waals surface area contributed by atoms with E-state index < -0.39 is 4.87 Å². The molecule has 2 aliphatic heterocycles. The Balaban J connectivity index is 1.64. The quantitative estimate of drug-likeness (QED) is 0.380. The molecule has 1 saturated heterocycles. The molecule has 3 aromatic carbocycles. The lowest BCUT2D eigenvalue weighted by Gasteiger charge is -2.33. The smallest absolute Gasteiger partial charge is 0.269 e. The third kappa shape index (κ3) is 3.30. The van der Waals surface area contributed by atoms with Crippen molar-refractivity contribution in [1.29, 1.82) is 0 Å². The van der Waals surface area contributed by atoms with E-state index in [2.05, 4.69) is 0 Å². The molecule has 0 bridgehead atoms. The number of anilines is 2. The monoisotopic (exact) mass is 522 g/mol. The van der Waals surface area contributed by atoms with Crippen LogP contribution in [0.4, 0.5) is 11.4 Å². The third-order valence-corrected chi connectivity index (χ3v) is 8.28. The number of amides is 2. The number of para-hydroxylation sites is 1. The van der Waals surface area contributed by atoms with Crippen LogP contribution in [-0.4, -0.2) is 17.6 Å². The second-order valence-electron chi connectivity index (χ2n) is 7.40. The van der Waals surface area contributed by atoms with E-state index in [0.717, 1.165) is 16.8 Å². The standard InChI is InChI=1S/C23H14Cl4N2O2S/c24-14-6-5-13(18(26)9-14)11-28-20-4-2-1-3-16(20)23(22(28)31)29(21(30)12-32-23)15-7-8-17(25)19(27)10-15/h1-10H,11-12H2. The molecule has 9 heteroatoms. The molecule has 3 aromatic rings. The highest BCUT2D eigenvalue weighted by atomic mass is 35.5. The van der Waals surface area contributed by atoms with Gasteiger partial charge in [0.05, 0.1) is 28.0 Å². The lowest BCUT2D eigenvalue weighted by Crippen LogP contribution is -2.49. The van der Waals surface area contributed by atoms with Crippen LogP contribution in [0, 0.1) is 0 Å². The van der Waals surface area contributed by atoms with Crippen LogP contribution in [0.1, 0.15) is 11.1 Å². The van der Waals surface area contributed by atoms with Crippen molar-refractivity contribution >= 4 is 81.4 Å². The molecule has 1 atom stereocenters. The van der Waals surface area contributed by atoms with Crippen molar-refractivity contribution in [2.75, 3.05) is 15.6 Å². The molecular weight excluding hydrogens is 510 g/mol. The van der Waals surface area contributed by atoms with Crippen molar-refractivity contribution in [1.82, 2.24) is 0 Å². The Hall–Kier alpha value is -1.89. The van der Waals surface area contributed by atoms with Crippen LogP contribution < -0.4 is 9.80 Å². The second kappa shape index (κ2) is 8.15. The van der Waals surface area contributed by atoms with E-state index in [9.17, 15) is 9.59 Å². The van der Waals surface area contributed by atoms with Crippen LogP contribution in [0.2, 0.25) is 20.1 Å². The first kappa shape index (κ1) is 21.9. The topological polar surface area (TPSA) is 40.6 Å². The van der Waals surface area contributed by atoms with E-state index in [0.29, 0.717) is 25.8 Å². The van der Waals surface area contributed by atoms with Gasteiger partial charge in [-0.3, -0.25) is 14.5 Å². The van der Waals surface area contributed by atoms with E-state index in [1.165, 1.54) is 16.7 Å². The molecule has 0 aromatic heterocycles. The van der Waals surface area contributed by atoms with Gasteiger partial charge >= 0.3 is 0 Å². The Morgan fingerprint density at radius 1 is 0.875 bits per heavy atom. The predicted molar refractivity (Wildman–Crippen MR) is 132 cm³/mol. The first-order valence-corrected chi connectivity index (χ1v) is 12.1. The molecule has 5 rings (SSSR count). The van der Waals surface area contributed by atoms with Crippen LogP contribution in [0.25, 0.3) is 0 Å². The summed E-state index contributed by atoms with van der Waals surface area (Å²) in [5.41, 5.74) is 2.75. The fourth-order valence-corrected chi connectivity index (χ4v) is 6.28. The summed E-state index contributed by atoms with van der Waals surface area (Å²) in [5, 5.41) is 1.68. The molecule has 2 amide bonds. The van der Waals surface area contributed by atoms with Gasteiger partial charge < -0.3 is 4.90 Å². The van der Waals surface area contributed by atoms with Gasteiger partial charge in [-0.05, 0) is 42.0 Å². The summed E-state index contributed by atoms with van der Waals surface area (Å²) >= 11 is 26.1. The average molecular weight is 524 g/mol. The minimum atomic E-state index is -1.23. The summed E-state index contributed by atoms with van der Waals surface area (Å²) in [6.45, 7) is 0.248. The molecular formula is C23H14Cl4N2O2S. The molecule has 0 N–H and O–H groups in total. The lowest BCUT2D eigenvalue weighted by molar-refractivity contribution is -0.123. The number of nitrogens with zero attached hydrogens (tertiary/aromatic N) is 2. The fourth-order valence-electron chi connectivity index (χ4n) is 4.16. The van der Waals surface area contributed by atoms with Crippen molar-refractivity contribution < 1.29 is 9.59 Å². The zero-order chi connectivity index (χ0) is 22.6. The molecule has 162 valence electrons. The van der Waals surface area contributed by atoms with Crippen molar-refractivity contribution in [3.8, 4) is 0 Å². The van der Waals surface area contributed by atoms with Gasteiger partial charge in [0.25, 0.3) is 5.91 Å². The maximum absolute atomic E-state index is 14.0. The van der Waals surface area contributed by atoms with Gasteiger partial charge in [-0.2, -0.15) is 0 Å². The van der Waals surface area contributed by atoms with E-state index in [4.69, 9.17) is 46.4 Å². The number of carbonyl (C=O) groups excluding carboxylic acids is 2. The van der Waals surface area contributed by atoms with Gasteiger partial charge in [0, 0.05) is 21.3 Å². The minimum Gasteiger partial charge on any atom is -0.304 e. The Bertz CT molecular complexity index is 1280. The largest absolute Gasteiger partial charge is 0.304 e. The molecule has 2 heterocycles. The van der Waals surface area contributed by atoms with Crippen LogP contribution in [0.15, 0.2) is 60.7 Å². The molecule has 1 unspecified atom stereocenters. The fraction of sp³-hybridized carbons (Fsp3) is 0.130. The van der Waals surface area contributed by atoms with Crippen molar-refractivity contribution in [2.45, 2.75) is 11.4 Å². The first-order chi connectivity index (χ1) is 15.3. The summed E-state index contributed by atoms with van der Waals surface area (Å²) in [4.78, 5) is 29.1. The van der Waals surface area contributed by atoms with Crippen molar-refractivity contribution in [3.05, 3.63) is 91.9 Å². The number of rotatable bonds is 3. The molecule has 1 fully saturated rings. The van der Waals surface area contributed by atoms with Gasteiger partial charge in [0.15, 0.2) is 0 Å². The minimum absolute atomic E-state index is 0.163. The van der Waals surface area contributed by atoms with Gasteiger partial charge in [-0.25, -0.2) is 0 Å². The average Bonchev–Trinajstić information content (AvgIpc) is 3.23. The van der Waals surface area contributed by atoms with Crippen LogP contribution >= 0.6 is 58.2 Å². The molecule has 1 spiro atoms. The number of benzene rings is 3. The second-order valence-corrected chi connectivity index (χ2v) is 10.2. The van der Waals surface area contributed by atoms with Crippen LogP contribution in [0.3, 0.4) is 0 Å². The highest BCUT2D eigenvalue weighted by Gasteiger charge is 2.61. The highest BCUT2D eigenvalue weighted by Crippen LogP contribution is 2.56. The van der Waals surface area contributed by atoms with E-state index in [-0.39, 0.29) is 24.1 Å². The number of carbonyl (C=O) groups is 2. The van der Waals surface area contributed by atoms with Crippen molar-refractivity contribution in [3.63, 3.8) is 0 Å². The van der Waals surface area contributed by atoms with Gasteiger partial charge in [-0.1, -0.05) is 70.7 Å². The Labute approximate surface area is 209 Å². The normalized spacial score (nSPS) is 19.9. The molecule has 0 saturated carbocycles. The summed E-state index contributed by atoms with van der Waals surface area (Å²) in [6, 6.07) is 17.6. The number of hydrogen-bond acceptors (Lipinski definition) is 3. The number of fused-ring (bicyclic) bond motifs is 2. The van der Waals surface area contributed by atoms with E-state index >= 15 is 0 Å². The zero-order valence-electron chi connectivity index (χ0n) is 16.3. The Morgan fingerprint density at radius 2 is 1.66 bits per heavy atom. The molecule has 2 aliphatic rings. The van der Waals surface area contributed by atoms with E-state index in [1.807, 2.05) is 24.3 Å². The van der Waals surface area contributed by atoms with Crippen molar-refractivity contribution in [2.24, 2.45) is 0 Å². The van der Waals surface area contributed by atoms with Crippen LogP contribution in [0.5, 0.6) is 0 Å². The van der Waals surface area contributed by atoms with E-state index in [1.54, 1.807) is 41.3 Å². The SMILES string of the molecule is O=C1CSC2(C(=O)N(Cc3ccc(Cl)cc3Cl)c3ccccc32)N1c1ccc(Cl)c(Cl)c1. The first-order valence-electron chi connectivity index (χ1n) is 9.60. The van der Waals surface area contributed by atoms with Gasteiger partial charge in [0.2, 0.25) is 10.8 Å². The molecule has 4 nitrogen and oxygen atoms in total. The van der Waals surface area contributed by atoms with Gasteiger partial charge in [-0.15, -0.1) is 11.8 Å². The summed E-state index contributed by atoms with van der Waals surface area (Å²) in [6.07, 6.45) is 0. The number of hydrogen-bond donors (Lipinski definition) is 0. The maximum Gasteiger partial charge on any atom is 0.269 e. The molecule has 0 radical (unpaired) electrons. The molecule has 0 aliphatic carbocycles. The molecule has 32 heavy (non-hydrogen) atoms. The number of halogens is 4. The third-order valence-electron chi connectivity index (χ3n) is 5.57. The summed E-state index contributed by atoms with van der Waals surface area (Å²) < 4.78 is 0. The Kier molecular flexibility index (Phi) is 5.59. The predicted octanol–water partition coefficient (Wildman–Crippen LogP) is 6.78. The summed E-state index contributed by atoms with van der Waals surface area (Å²) in [7, 11) is 0. The Morgan fingerprint density at radius 3 is 2.41 bits per heavy atom. The van der Waals surface area contributed by atoms with Gasteiger partial charge in [0.1, 0.15) is 0 Å².